The molecule has 2 heterocycles. The molecule has 0 unspecified atom stereocenters. The molecule has 2 aromatic heterocycles. The van der Waals surface area contributed by atoms with E-state index in [2.05, 4.69) is 232 Å². The number of furan rings is 1. The fourth-order valence-corrected chi connectivity index (χ4v) is 10.4. The van der Waals surface area contributed by atoms with Gasteiger partial charge in [0.05, 0.1) is 33.5 Å². The Labute approximate surface area is 401 Å². The maximum Gasteiger partial charge on any atom is 0.135 e. The molecule has 0 bridgehead atoms. The Hall–Kier alpha value is -6.07. The van der Waals surface area contributed by atoms with Crippen LogP contribution in [0, 0.1) is 20.8 Å². The topological polar surface area (TPSA) is 19.6 Å². The lowest BCUT2D eigenvalue weighted by atomic mass is 9.84. The van der Waals surface area contributed by atoms with Crippen LogP contribution < -0.4 is 9.80 Å². The number of anilines is 6. The highest BCUT2D eigenvalue weighted by molar-refractivity contribution is 7.17. The molecule has 0 aliphatic heterocycles. The summed E-state index contributed by atoms with van der Waals surface area (Å²) in [6, 6.07) is 52.9. The number of benzene rings is 7. The van der Waals surface area contributed by atoms with Gasteiger partial charge < -0.3 is 14.2 Å². The summed E-state index contributed by atoms with van der Waals surface area (Å²) in [5.41, 5.74) is 17.4. The predicted molar refractivity (Wildman–Crippen MR) is 287 cm³/mol. The number of thiophene rings is 1. The normalized spacial score (nSPS) is 12.3. The molecule has 0 fully saturated rings. The Bertz CT molecular complexity index is 3200. The molecule has 0 aliphatic carbocycles. The van der Waals surface area contributed by atoms with Gasteiger partial charge in [-0.25, -0.2) is 0 Å². The molecule has 5 heteroatoms. The Morgan fingerprint density at radius 1 is 0.500 bits per heavy atom. The summed E-state index contributed by atoms with van der Waals surface area (Å²) in [5, 5.41) is 5.25. The minimum Gasteiger partial charge on any atom is -0.456 e. The molecular weight excluding hydrogens is 844 g/mol. The minimum atomic E-state index is -0.0722. The zero-order chi connectivity index (χ0) is 46.9. The van der Waals surface area contributed by atoms with Gasteiger partial charge in [-0.2, -0.15) is 0 Å². The van der Waals surface area contributed by atoms with E-state index in [4.69, 9.17) is 16.0 Å². The van der Waals surface area contributed by atoms with Gasteiger partial charge in [-0.1, -0.05) is 159 Å². The lowest BCUT2D eigenvalue weighted by Gasteiger charge is -2.34. The first-order valence-electron chi connectivity index (χ1n) is 23.1. The van der Waals surface area contributed by atoms with Gasteiger partial charge in [-0.15, -0.1) is 11.3 Å². The summed E-state index contributed by atoms with van der Waals surface area (Å²) >= 11 is 10.00. The summed E-state index contributed by atoms with van der Waals surface area (Å²) in [4.78, 5) is 4.81. The number of rotatable bonds is 8. The van der Waals surface area contributed by atoms with Crippen molar-refractivity contribution in [3.63, 3.8) is 0 Å². The second-order valence-electron chi connectivity index (χ2n) is 21.1. The zero-order valence-corrected chi connectivity index (χ0v) is 42.1. The molecule has 9 aromatic rings. The fraction of sp³-hybridized carbons (Fsp3) is 0.246. The monoisotopic (exact) mass is 904 g/mol. The van der Waals surface area contributed by atoms with Crippen LogP contribution in [0.5, 0.6) is 0 Å². The van der Waals surface area contributed by atoms with E-state index in [1.165, 1.54) is 37.9 Å². The molecule has 0 N–H and O–H groups in total. The molecule has 0 saturated carbocycles. The average Bonchev–Trinajstić information content (AvgIpc) is 3.90. The smallest absolute Gasteiger partial charge is 0.135 e. The first-order valence-corrected chi connectivity index (χ1v) is 24.3. The highest BCUT2D eigenvalue weighted by Crippen LogP contribution is 2.53. The summed E-state index contributed by atoms with van der Waals surface area (Å²) in [6.45, 7) is 27.3. The average molecular weight is 906 g/mol. The van der Waals surface area contributed by atoms with E-state index in [1.54, 1.807) is 11.3 Å². The number of aryl methyl sites for hydroxylation is 3. The maximum absolute atomic E-state index is 8.21. The molecule has 334 valence electrons. The number of fused-ring (bicyclic) bond motifs is 2. The third-order valence-corrected chi connectivity index (χ3v) is 14.2. The predicted octanol–water partition coefficient (Wildman–Crippen LogP) is 19.4. The lowest BCUT2D eigenvalue weighted by molar-refractivity contribution is 0.589. The highest BCUT2D eigenvalue weighted by atomic mass is 35.5. The third-order valence-electron chi connectivity index (χ3n) is 12.9. The third kappa shape index (κ3) is 8.58. The summed E-state index contributed by atoms with van der Waals surface area (Å²) < 4.78 is 7.74. The molecular formula is C61H61ClN2OS. The van der Waals surface area contributed by atoms with Crippen LogP contribution in [0.25, 0.3) is 43.5 Å². The Kier molecular flexibility index (Phi) is 11.6. The van der Waals surface area contributed by atoms with Crippen molar-refractivity contribution in [3.05, 3.63) is 189 Å². The van der Waals surface area contributed by atoms with Crippen molar-refractivity contribution in [1.29, 1.82) is 0 Å². The van der Waals surface area contributed by atoms with Crippen LogP contribution in [-0.2, 0) is 16.2 Å². The first-order chi connectivity index (χ1) is 31.3. The van der Waals surface area contributed by atoms with Gasteiger partial charge in [0.25, 0.3) is 0 Å². The van der Waals surface area contributed by atoms with E-state index in [-0.39, 0.29) is 16.2 Å². The fourth-order valence-electron chi connectivity index (χ4n) is 9.20. The van der Waals surface area contributed by atoms with Gasteiger partial charge in [0, 0.05) is 37.7 Å². The minimum absolute atomic E-state index is 0.0138. The summed E-state index contributed by atoms with van der Waals surface area (Å²) in [7, 11) is 0. The second-order valence-corrected chi connectivity index (χ2v) is 22.4. The molecule has 0 atom stereocenters. The van der Waals surface area contributed by atoms with Crippen LogP contribution >= 0.6 is 22.9 Å². The van der Waals surface area contributed by atoms with Gasteiger partial charge in [-0.3, -0.25) is 0 Å². The molecule has 0 spiro atoms. The quantitative estimate of drug-likeness (QED) is 0.151. The molecule has 7 aromatic carbocycles. The van der Waals surface area contributed by atoms with Crippen LogP contribution in [0.2, 0.25) is 5.02 Å². The number of halogens is 1. The van der Waals surface area contributed by atoms with Gasteiger partial charge in [-0.05, 0) is 137 Å². The van der Waals surface area contributed by atoms with Crippen molar-refractivity contribution in [2.75, 3.05) is 9.80 Å². The van der Waals surface area contributed by atoms with E-state index >= 15 is 0 Å². The zero-order valence-electron chi connectivity index (χ0n) is 40.5. The lowest BCUT2D eigenvalue weighted by Crippen LogP contribution is -2.18. The van der Waals surface area contributed by atoms with Crippen LogP contribution in [0.4, 0.5) is 34.1 Å². The molecule has 0 aliphatic rings. The van der Waals surface area contributed by atoms with Crippen LogP contribution in [0.15, 0.2) is 155 Å². The number of para-hydroxylation sites is 1. The van der Waals surface area contributed by atoms with Crippen molar-refractivity contribution in [2.24, 2.45) is 0 Å². The molecule has 66 heavy (non-hydrogen) atoms. The van der Waals surface area contributed by atoms with Gasteiger partial charge in [0.1, 0.15) is 11.3 Å². The first kappa shape index (κ1) is 45.1. The number of hydrogen-bond donors (Lipinski definition) is 0. The van der Waals surface area contributed by atoms with Crippen molar-refractivity contribution < 1.29 is 4.42 Å². The van der Waals surface area contributed by atoms with E-state index in [0.29, 0.717) is 5.02 Å². The Morgan fingerprint density at radius 2 is 1.11 bits per heavy atom. The van der Waals surface area contributed by atoms with Crippen LogP contribution in [0.1, 0.15) is 95.7 Å². The summed E-state index contributed by atoms with van der Waals surface area (Å²) in [6.07, 6.45) is 0. The van der Waals surface area contributed by atoms with Gasteiger partial charge in [0.2, 0.25) is 0 Å². The molecule has 0 amide bonds. The van der Waals surface area contributed by atoms with E-state index < -0.39 is 0 Å². The SMILES string of the molecule is Cc1cc(N(c2cccc(-c3cc4ccccc4o3)c2)c2ccc(C(C)(C)C)cc2-c2ccccc2)c(Cl)c(N(c2c(C)cc(C(C)(C)C)cc2C)c2csc3ccc(C(C)(C)C)cc23)c1. The Balaban J connectivity index is 1.35. The molecule has 9 rings (SSSR count). The van der Waals surface area contributed by atoms with Crippen LogP contribution in [0.3, 0.4) is 0 Å². The van der Waals surface area contributed by atoms with Gasteiger partial charge >= 0.3 is 0 Å². The van der Waals surface area contributed by atoms with E-state index in [1.807, 2.05) is 12.1 Å². The van der Waals surface area contributed by atoms with E-state index in [0.717, 1.165) is 73.1 Å². The largest absolute Gasteiger partial charge is 0.456 e. The van der Waals surface area contributed by atoms with Crippen LogP contribution in [-0.4, -0.2) is 0 Å². The summed E-state index contributed by atoms with van der Waals surface area (Å²) in [5.74, 6) is 0.815. The number of nitrogens with zero attached hydrogens (tertiary/aromatic N) is 2. The van der Waals surface area contributed by atoms with Gasteiger partial charge in [0.15, 0.2) is 0 Å². The standard InChI is InChI=1S/C61H61ClN2OS/c1-38-29-51(57(62)52(30-38)64(58-39(2)31-46(32-40(58)3)61(10,11)12)53-37-66-56-28-26-45(36-49(53)56)60(7,8)9)63(47-23-18-22-42(33-47)55-34-43-21-16-17-24-54(43)65-55)50-27-25-44(59(4,5)6)35-48(50)41-19-14-13-15-20-41/h13-37H,1-12H3. The molecule has 0 radical (unpaired) electrons. The maximum atomic E-state index is 8.21. The molecule has 0 saturated heterocycles. The number of hydrogen-bond acceptors (Lipinski definition) is 4. The second kappa shape index (κ2) is 17.0. The van der Waals surface area contributed by atoms with Crippen molar-refractivity contribution in [3.8, 4) is 22.5 Å². The van der Waals surface area contributed by atoms with Crippen molar-refractivity contribution in [2.45, 2.75) is 99.3 Å². The van der Waals surface area contributed by atoms with E-state index in [9.17, 15) is 0 Å². The highest BCUT2D eigenvalue weighted by Gasteiger charge is 2.30. The molecule has 3 nitrogen and oxygen atoms in total. The Morgan fingerprint density at radius 3 is 1.77 bits per heavy atom. The van der Waals surface area contributed by atoms with Crippen molar-refractivity contribution >= 4 is 78.1 Å². The van der Waals surface area contributed by atoms with Crippen molar-refractivity contribution in [1.82, 2.24) is 0 Å².